The van der Waals surface area contributed by atoms with Crippen molar-refractivity contribution in [1.82, 2.24) is 10.2 Å². The average Bonchev–Trinajstić information content (AvgIpc) is 3.23. The standard InChI is InChI=1S/C20H24N2O7/c23-11-18-15(21-20(25)13-1-4-16-17(9-13)28-12-27-16)3-2-14(29-18)10-19(24)22-5-7-26-8-6-22/h1-4,9,14-15,18,23H,5-8,10-12H2,(H,21,25)/t14-,15-,18-/m0/s1. The summed E-state index contributed by atoms with van der Waals surface area (Å²) in [5.41, 5.74) is 0.420. The molecule has 1 aromatic carbocycles. The molecule has 0 spiro atoms. The van der Waals surface area contributed by atoms with Crippen molar-refractivity contribution in [2.24, 2.45) is 0 Å². The number of amides is 2. The number of benzene rings is 1. The van der Waals surface area contributed by atoms with Gasteiger partial charge in [0.05, 0.1) is 38.4 Å². The van der Waals surface area contributed by atoms with Gasteiger partial charge in [-0.1, -0.05) is 12.2 Å². The Morgan fingerprint density at radius 2 is 1.93 bits per heavy atom. The van der Waals surface area contributed by atoms with Crippen LogP contribution in [0.25, 0.3) is 0 Å². The van der Waals surface area contributed by atoms with Crippen molar-refractivity contribution in [1.29, 1.82) is 0 Å². The Balaban J connectivity index is 1.36. The lowest BCUT2D eigenvalue weighted by atomic mass is 10.0. The molecule has 29 heavy (non-hydrogen) atoms. The minimum Gasteiger partial charge on any atom is -0.454 e. The quantitative estimate of drug-likeness (QED) is 0.670. The summed E-state index contributed by atoms with van der Waals surface area (Å²) in [4.78, 5) is 26.7. The molecular weight excluding hydrogens is 380 g/mol. The second kappa shape index (κ2) is 8.81. The number of morpholine rings is 1. The summed E-state index contributed by atoms with van der Waals surface area (Å²) in [6.45, 7) is 2.09. The van der Waals surface area contributed by atoms with Crippen LogP contribution >= 0.6 is 0 Å². The average molecular weight is 404 g/mol. The van der Waals surface area contributed by atoms with Crippen LogP contribution in [0.3, 0.4) is 0 Å². The fourth-order valence-corrected chi connectivity index (χ4v) is 3.52. The number of rotatable bonds is 5. The second-order valence-corrected chi connectivity index (χ2v) is 7.05. The van der Waals surface area contributed by atoms with Gasteiger partial charge < -0.3 is 34.3 Å². The molecule has 3 aliphatic heterocycles. The van der Waals surface area contributed by atoms with Crippen molar-refractivity contribution >= 4 is 11.8 Å². The fourth-order valence-electron chi connectivity index (χ4n) is 3.52. The van der Waals surface area contributed by atoms with Crippen LogP contribution in [0.2, 0.25) is 0 Å². The number of aliphatic hydroxyl groups is 1. The minimum atomic E-state index is -0.638. The molecule has 4 rings (SSSR count). The van der Waals surface area contributed by atoms with Gasteiger partial charge in [0.25, 0.3) is 5.91 Å². The SMILES string of the molecule is O=C(N[C@H]1C=C[C@@H](CC(=O)N2CCOCC2)O[C@H]1CO)c1ccc2c(c1)OCO2. The van der Waals surface area contributed by atoms with Crippen LogP contribution < -0.4 is 14.8 Å². The van der Waals surface area contributed by atoms with E-state index in [1.807, 2.05) is 0 Å². The summed E-state index contributed by atoms with van der Waals surface area (Å²) in [6.07, 6.45) is 2.64. The maximum Gasteiger partial charge on any atom is 0.251 e. The maximum atomic E-state index is 12.6. The van der Waals surface area contributed by atoms with E-state index in [2.05, 4.69) is 5.32 Å². The number of ether oxygens (including phenoxy) is 4. The molecule has 3 atom stereocenters. The number of hydrogen-bond donors (Lipinski definition) is 2. The lowest BCUT2D eigenvalue weighted by Crippen LogP contribution is -2.49. The first-order valence-electron chi connectivity index (χ1n) is 9.64. The van der Waals surface area contributed by atoms with Crippen LogP contribution in [0.5, 0.6) is 11.5 Å². The molecule has 9 heteroatoms. The molecule has 3 heterocycles. The molecule has 9 nitrogen and oxygen atoms in total. The van der Waals surface area contributed by atoms with Crippen LogP contribution in [0, 0.1) is 0 Å². The Bertz CT molecular complexity index is 791. The lowest BCUT2D eigenvalue weighted by Gasteiger charge is -2.33. The zero-order valence-corrected chi connectivity index (χ0v) is 15.9. The van der Waals surface area contributed by atoms with Gasteiger partial charge in [0.2, 0.25) is 12.7 Å². The van der Waals surface area contributed by atoms with E-state index in [1.165, 1.54) is 0 Å². The summed E-state index contributed by atoms with van der Waals surface area (Å²) in [6, 6.07) is 4.44. The molecule has 0 aromatic heterocycles. The molecular formula is C20H24N2O7. The van der Waals surface area contributed by atoms with E-state index in [0.29, 0.717) is 43.4 Å². The molecule has 0 unspecified atom stereocenters. The van der Waals surface area contributed by atoms with Crippen LogP contribution in [0.15, 0.2) is 30.4 Å². The zero-order valence-electron chi connectivity index (χ0n) is 15.9. The molecule has 2 amide bonds. The van der Waals surface area contributed by atoms with Crippen molar-refractivity contribution in [3.8, 4) is 11.5 Å². The number of nitrogens with one attached hydrogen (secondary N) is 1. The Kier molecular flexibility index (Phi) is 5.98. The molecule has 2 N–H and O–H groups in total. The van der Waals surface area contributed by atoms with E-state index in [4.69, 9.17) is 18.9 Å². The highest BCUT2D eigenvalue weighted by molar-refractivity contribution is 5.95. The molecule has 0 bridgehead atoms. The van der Waals surface area contributed by atoms with Crippen LogP contribution in [0.4, 0.5) is 0 Å². The minimum absolute atomic E-state index is 0.0116. The third-order valence-corrected chi connectivity index (χ3v) is 5.14. The number of aliphatic hydroxyl groups excluding tert-OH is 1. The molecule has 1 aromatic rings. The van der Waals surface area contributed by atoms with Crippen molar-refractivity contribution in [3.05, 3.63) is 35.9 Å². The highest BCUT2D eigenvalue weighted by Crippen LogP contribution is 2.32. The largest absolute Gasteiger partial charge is 0.454 e. The van der Waals surface area contributed by atoms with Gasteiger partial charge in [0.1, 0.15) is 6.10 Å². The fraction of sp³-hybridized carbons (Fsp3) is 0.500. The van der Waals surface area contributed by atoms with Crippen LogP contribution in [0.1, 0.15) is 16.8 Å². The summed E-state index contributed by atoms with van der Waals surface area (Å²) >= 11 is 0. The topological polar surface area (TPSA) is 107 Å². The monoisotopic (exact) mass is 404 g/mol. The molecule has 0 saturated carbocycles. The summed E-state index contributed by atoms with van der Waals surface area (Å²) < 4.78 is 21.7. The van der Waals surface area contributed by atoms with Crippen molar-refractivity contribution in [3.63, 3.8) is 0 Å². The van der Waals surface area contributed by atoms with Crippen molar-refractivity contribution in [2.75, 3.05) is 39.7 Å². The predicted octanol–water partition coefficient (Wildman–Crippen LogP) is 0.0785. The smallest absolute Gasteiger partial charge is 0.251 e. The molecule has 1 fully saturated rings. The third kappa shape index (κ3) is 4.52. The molecule has 156 valence electrons. The Labute approximate surface area is 168 Å². The summed E-state index contributed by atoms with van der Waals surface area (Å²) in [5.74, 6) is 0.794. The van der Waals surface area contributed by atoms with Gasteiger partial charge in [-0.2, -0.15) is 0 Å². The van der Waals surface area contributed by atoms with Gasteiger partial charge in [-0.05, 0) is 18.2 Å². The number of carbonyl (C=O) groups is 2. The second-order valence-electron chi connectivity index (χ2n) is 7.05. The maximum absolute atomic E-state index is 12.6. The first kappa shape index (κ1) is 19.7. The summed E-state index contributed by atoms with van der Waals surface area (Å²) in [5, 5.41) is 12.6. The van der Waals surface area contributed by atoms with Gasteiger partial charge in [-0.3, -0.25) is 9.59 Å². The van der Waals surface area contributed by atoms with Gasteiger partial charge in [-0.15, -0.1) is 0 Å². The Hall–Kier alpha value is -2.62. The summed E-state index contributed by atoms with van der Waals surface area (Å²) in [7, 11) is 0. The van der Waals surface area contributed by atoms with Crippen LogP contribution in [-0.2, 0) is 14.3 Å². The molecule has 0 radical (unpaired) electrons. The third-order valence-electron chi connectivity index (χ3n) is 5.14. The zero-order chi connectivity index (χ0) is 20.2. The van der Waals surface area contributed by atoms with Crippen molar-refractivity contribution in [2.45, 2.75) is 24.7 Å². The molecule has 3 aliphatic rings. The Morgan fingerprint density at radius 1 is 1.14 bits per heavy atom. The molecule has 1 saturated heterocycles. The lowest BCUT2D eigenvalue weighted by molar-refractivity contribution is -0.139. The van der Waals surface area contributed by atoms with E-state index in [-0.39, 0.29) is 31.6 Å². The van der Waals surface area contributed by atoms with Gasteiger partial charge >= 0.3 is 0 Å². The molecule has 0 aliphatic carbocycles. The predicted molar refractivity (Wildman–Crippen MR) is 101 cm³/mol. The normalized spacial score (nSPS) is 25.7. The first-order chi connectivity index (χ1) is 14.1. The number of nitrogens with zero attached hydrogens (tertiary/aromatic N) is 1. The van der Waals surface area contributed by atoms with Crippen LogP contribution in [-0.4, -0.2) is 79.8 Å². The van der Waals surface area contributed by atoms with Gasteiger partial charge in [0, 0.05) is 18.7 Å². The first-order valence-corrected chi connectivity index (χ1v) is 9.64. The van der Waals surface area contributed by atoms with E-state index in [0.717, 1.165) is 0 Å². The highest BCUT2D eigenvalue weighted by atomic mass is 16.7. The van der Waals surface area contributed by atoms with E-state index < -0.39 is 18.2 Å². The van der Waals surface area contributed by atoms with E-state index >= 15 is 0 Å². The Morgan fingerprint density at radius 3 is 2.72 bits per heavy atom. The van der Waals surface area contributed by atoms with Gasteiger partial charge in [0.15, 0.2) is 11.5 Å². The van der Waals surface area contributed by atoms with Crippen molar-refractivity contribution < 1.29 is 33.6 Å². The number of carbonyl (C=O) groups excluding carboxylic acids is 2. The number of fused-ring (bicyclic) bond motifs is 1. The number of hydrogen-bond acceptors (Lipinski definition) is 7. The van der Waals surface area contributed by atoms with E-state index in [1.54, 1.807) is 35.3 Å². The van der Waals surface area contributed by atoms with E-state index in [9.17, 15) is 14.7 Å². The highest BCUT2D eigenvalue weighted by Gasteiger charge is 2.30. The van der Waals surface area contributed by atoms with Gasteiger partial charge in [-0.25, -0.2) is 0 Å².